The molecule has 0 radical (unpaired) electrons. The van der Waals surface area contributed by atoms with Crippen LogP contribution in [0, 0.1) is 0 Å². The quantitative estimate of drug-likeness (QED) is 0.490. The fraction of sp³-hybridized carbons (Fsp3) is 0.385. The normalized spacial score (nSPS) is 11.0. The van der Waals surface area contributed by atoms with Gasteiger partial charge in [0.05, 0.1) is 24.2 Å². The van der Waals surface area contributed by atoms with E-state index in [2.05, 4.69) is 20.7 Å². The maximum atomic E-state index is 11.8. The number of nitrogens with one attached hydrogen (secondary N) is 4. The van der Waals surface area contributed by atoms with Gasteiger partial charge in [-0.15, -0.1) is 0 Å². The van der Waals surface area contributed by atoms with Crippen molar-refractivity contribution in [3.63, 3.8) is 0 Å². The molecule has 0 bridgehead atoms. The van der Waals surface area contributed by atoms with Gasteiger partial charge in [0, 0.05) is 20.0 Å². The van der Waals surface area contributed by atoms with Crippen LogP contribution in [0.25, 0.3) is 0 Å². The summed E-state index contributed by atoms with van der Waals surface area (Å²) in [7, 11) is -3.22. The lowest BCUT2D eigenvalue weighted by atomic mass is 10.2. The summed E-state index contributed by atoms with van der Waals surface area (Å²) in [6.45, 7) is 1.94. The first kappa shape index (κ1) is 18.1. The Labute approximate surface area is 129 Å². The highest BCUT2D eigenvalue weighted by Gasteiger charge is 2.07. The third-order valence-electron chi connectivity index (χ3n) is 2.46. The average Bonchev–Trinajstić information content (AvgIpc) is 2.38. The lowest BCUT2D eigenvalue weighted by molar-refractivity contribution is -0.116. The molecule has 2 amide bonds. The fourth-order valence-electron chi connectivity index (χ4n) is 1.61. The molecule has 4 N–H and O–H groups in total. The predicted molar refractivity (Wildman–Crippen MR) is 85.1 cm³/mol. The molecule has 122 valence electrons. The summed E-state index contributed by atoms with van der Waals surface area (Å²) >= 11 is 0. The van der Waals surface area contributed by atoms with Crippen LogP contribution in [0.1, 0.15) is 6.92 Å². The van der Waals surface area contributed by atoms with E-state index in [9.17, 15) is 18.0 Å². The van der Waals surface area contributed by atoms with E-state index in [-0.39, 0.29) is 24.9 Å². The van der Waals surface area contributed by atoms with Gasteiger partial charge in [-0.25, -0.2) is 13.1 Å². The lowest BCUT2D eigenvalue weighted by Gasteiger charge is -2.11. The molecule has 1 rings (SSSR count). The summed E-state index contributed by atoms with van der Waals surface area (Å²) in [5.74, 6) is -0.524. The number of rotatable bonds is 8. The number of hydrogen-bond donors (Lipinski definition) is 4. The molecule has 0 aromatic heterocycles. The maximum absolute atomic E-state index is 11.8. The number of carbonyl (C=O) groups is 2. The van der Waals surface area contributed by atoms with Crippen molar-refractivity contribution in [2.45, 2.75) is 6.92 Å². The van der Waals surface area contributed by atoms with Gasteiger partial charge in [-0.05, 0) is 12.1 Å². The SMILES string of the molecule is CC(=O)Nc1ccccc1NC(=O)CNCCNS(C)(=O)=O. The summed E-state index contributed by atoms with van der Waals surface area (Å²) in [6, 6.07) is 6.84. The molecule has 0 fully saturated rings. The van der Waals surface area contributed by atoms with Gasteiger partial charge < -0.3 is 16.0 Å². The maximum Gasteiger partial charge on any atom is 0.238 e. The second-order valence-corrected chi connectivity index (χ2v) is 6.45. The minimum Gasteiger partial charge on any atom is -0.325 e. The van der Waals surface area contributed by atoms with Gasteiger partial charge >= 0.3 is 0 Å². The molecular formula is C13H20N4O4S. The second-order valence-electron chi connectivity index (χ2n) is 4.62. The number of anilines is 2. The Morgan fingerprint density at radius 2 is 1.64 bits per heavy atom. The molecule has 0 aliphatic heterocycles. The second kappa shape index (κ2) is 8.47. The molecule has 0 heterocycles. The molecular weight excluding hydrogens is 308 g/mol. The zero-order valence-electron chi connectivity index (χ0n) is 12.5. The molecule has 0 aliphatic rings. The van der Waals surface area contributed by atoms with Crippen molar-refractivity contribution in [3.05, 3.63) is 24.3 Å². The molecule has 8 nitrogen and oxygen atoms in total. The monoisotopic (exact) mass is 328 g/mol. The van der Waals surface area contributed by atoms with E-state index in [4.69, 9.17) is 0 Å². The molecule has 0 saturated heterocycles. The van der Waals surface area contributed by atoms with E-state index >= 15 is 0 Å². The first-order valence-electron chi connectivity index (χ1n) is 6.60. The standard InChI is InChI=1S/C13H20N4O4S/c1-10(18)16-11-5-3-4-6-12(11)17-13(19)9-14-7-8-15-22(2,20)21/h3-6,14-15H,7-9H2,1-2H3,(H,16,18)(H,17,19). The van der Waals surface area contributed by atoms with E-state index in [1.807, 2.05) is 0 Å². The zero-order chi connectivity index (χ0) is 16.6. The highest BCUT2D eigenvalue weighted by atomic mass is 32.2. The van der Waals surface area contributed by atoms with Gasteiger partial charge in [-0.1, -0.05) is 12.1 Å². The number of amides is 2. The summed E-state index contributed by atoms with van der Waals surface area (Å²) < 4.78 is 24.0. The molecule has 0 unspecified atom stereocenters. The number of hydrogen-bond acceptors (Lipinski definition) is 5. The van der Waals surface area contributed by atoms with Crippen LogP contribution < -0.4 is 20.7 Å². The van der Waals surface area contributed by atoms with Crippen LogP contribution >= 0.6 is 0 Å². The number of benzene rings is 1. The van der Waals surface area contributed by atoms with Crippen molar-refractivity contribution in [2.24, 2.45) is 0 Å². The number of carbonyl (C=O) groups excluding carboxylic acids is 2. The minimum absolute atomic E-state index is 0.0276. The van der Waals surface area contributed by atoms with Gasteiger partial charge in [0.2, 0.25) is 21.8 Å². The van der Waals surface area contributed by atoms with Crippen LogP contribution in [0.4, 0.5) is 11.4 Å². The topological polar surface area (TPSA) is 116 Å². The van der Waals surface area contributed by atoms with Gasteiger partial charge in [-0.3, -0.25) is 9.59 Å². The van der Waals surface area contributed by atoms with E-state index in [0.29, 0.717) is 17.9 Å². The van der Waals surface area contributed by atoms with E-state index in [0.717, 1.165) is 6.26 Å². The summed E-state index contributed by atoms with van der Waals surface area (Å²) in [5, 5.41) is 8.10. The van der Waals surface area contributed by atoms with E-state index in [1.165, 1.54) is 6.92 Å². The number of sulfonamides is 1. The van der Waals surface area contributed by atoms with Crippen LogP contribution in [0.15, 0.2) is 24.3 Å². The van der Waals surface area contributed by atoms with E-state index in [1.54, 1.807) is 24.3 Å². The van der Waals surface area contributed by atoms with Crippen LogP contribution in [-0.2, 0) is 19.6 Å². The molecule has 0 spiro atoms. The molecule has 0 atom stereocenters. The highest BCUT2D eigenvalue weighted by Crippen LogP contribution is 2.20. The first-order chi connectivity index (χ1) is 10.3. The summed E-state index contributed by atoms with van der Waals surface area (Å²) in [5.41, 5.74) is 1.01. The van der Waals surface area contributed by atoms with Crippen LogP contribution in [0.5, 0.6) is 0 Å². The van der Waals surface area contributed by atoms with Crippen molar-refractivity contribution < 1.29 is 18.0 Å². The van der Waals surface area contributed by atoms with Gasteiger partial charge in [0.25, 0.3) is 0 Å². The average molecular weight is 328 g/mol. The third kappa shape index (κ3) is 7.72. The summed E-state index contributed by atoms with van der Waals surface area (Å²) in [6.07, 6.45) is 1.07. The molecule has 1 aromatic carbocycles. The predicted octanol–water partition coefficient (Wildman–Crippen LogP) is -0.278. The Kier molecular flexibility index (Phi) is 6.96. The van der Waals surface area contributed by atoms with Crippen LogP contribution in [0.2, 0.25) is 0 Å². The molecule has 22 heavy (non-hydrogen) atoms. The minimum atomic E-state index is -3.22. The molecule has 1 aromatic rings. The third-order valence-corrected chi connectivity index (χ3v) is 3.19. The van der Waals surface area contributed by atoms with Crippen molar-refractivity contribution in [3.8, 4) is 0 Å². The first-order valence-corrected chi connectivity index (χ1v) is 8.49. The summed E-state index contributed by atoms with van der Waals surface area (Å²) in [4.78, 5) is 22.9. The van der Waals surface area contributed by atoms with Gasteiger partial charge in [0.1, 0.15) is 0 Å². The smallest absolute Gasteiger partial charge is 0.238 e. The zero-order valence-corrected chi connectivity index (χ0v) is 13.3. The van der Waals surface area contributed by atoms with Crippen LogP contribution in [-0.4, -0.2) is 46.1 Å². The fourth-order valence-corrected chi connectivity index (χ4v) is 2.08. The van der Waals surface area contributed by atoms with Crippen molar-refractivity contribution in [1.29, 1.82) is 0 Å². The van der Waals surface area contributed by atoms with Crippen molar-refractivity contribution in [2.75, 3.05) is 36.5 Å². The van der Waals surface area contributed by atoms with Crippen molar-refractivity contribution >= 4 is 33.2 Å². The highest BCUT2D eigenvalue weighted by molar-refractivity contribution is 7.88. The molecule has 0 saturated carbocycles. The van der Waals surface area contributed by atoms with Crippen molar-refractivity contribution in [1.82, 2.24) is 10.0 Å². The lowest BCUT2D eigenvalue weighted by Crippen LogP contribution is -2.35. The Morgan fingerprint density at radius 1 is 1.05 bits per heavy atom. The largest absolute Gasteiger partial charge is 0.325 e. The van der Waals surface area contributed by atoms with E-state index < -0.39 is 10.0 Å². The Hall–Kier alpha value is -1.97. The molecule has 9 heteroatoms. The Morgan fingerprint density at radius 3 is 2.18 bits per heavy atom. The van der Waals surface area contributed by atoms with Gasteiger partial charge in [-0.2, -0.15) is 0 Å². The Balaban J connectivity index is 2.41. The molecule has 0 aliphatic carbocycles. The van der Waals surface area contributed by atoms with Crippen LogP contribution in [0.3, 0.4) is 0 Å². The number of para-hydroxylation sites is 2. The van der Waals surface area contributed by atoms with Gasteiger partial charge in [0.15, 0.2) is 0 Å². The Bertz CT molecular complexity index is 631.